The highest BCUT2D eigenvalue weighted by molar-refractivity contribution is 6.28. The molecule has 11 heteroatoms. The van der Waals surface area contributed by atoms with Crippen LogP contribution in [0.3, 0.4) is 0 Å². The molecule has 1 spiro atoms. The lowest BCUT2D eigenvalue weighted by molar-refractivity contribution is -0.199. The molecule has 7 rings (SSSR count). The van der Waals surface area contributed by atoms with E-state index in [1.807, 2.05) is 24.8 Å². The first-order valence-corrected chi connectivity index (χ1v) is 12.8. The van der Waals surface area contributed by atoms with E-state index in [1.165, 1.54) is 6.07 Å². The van der Waals surface area contributed by atoms with E-state index in [-0.39, 0.29) is 23.1 Å². The Kier molecular flexibility index (Phi) is 4.95. The summed E-state index contributed by atoms with van der Waals surface area (Å²) in [6.07, 6.45) is 3.95. The molecule has 5 heterocycles. The van der Waals surface area contributed by atoms with Crippen molar-refractivity contribution in [1.29, 1.82) is 0 Å². The number of fused-ring (bicyclic) bond motifs is 4. The van der Waals surface area contributed by atoms with Crippen molar-refractivity contribution in [3.63, 3.8) is 0 Å². The van der Waals surface area contributed by atoms with Crippen molar-refractivity contribution in [2.75, 3.05) is 18.1 Å². The minimum atomic E-state index is -0.808. The van der Waals surface area contributed by atoms with Crippen LogP contribution in [0.5, 0.6) is 0 Å². The van der Waals surface area contributed by atoms with Gasteiger partial charge in [-0.3, -0.25) is 4.57 Å². The van der Waals surface area contributed by atoms with Crippen LogP contribution in [0, 0.1) is 5.82 Å². The molecule has 1 aromatic carbocycles. The number of halogens is 2. The molecule has 1 N–H and O–H groups in total. The van der Waals surface area contributed by atoms with Gasteiger partial charge in [-0.1, -0.05) is 18.9 Å². The van der Waals surface area contributed by atoms with Gasteiger partial charge in [0, 0.05) is 17.6 Å². The van der Waals surface area contributed by atoms with E-state index in [9.17, 15) is 9.50 Å². The maximum atomic E-state index is 14.4. The predicted molar refractivity (Wildman–Crippen MR) is 129 cm³/mol. The van der Waals surface area contributed by atoms with Crippen molar-refractivity contribution in [3.8, 4) is 0 Å². The normalized spacial score (nSPS) is 30.0. The molecule has 4 atom stereocenters. The van der Waals surface area contributed by atoms with Crippen LogP contribution in [0.15, 0.2) is 24.5 Å². The topological polar surface area (TPSA) is 94.8 Å². The molecule has 4 aliphatic rings. The second kappa shape index (κ2) is 7.82. The summed E-state index contributed by atoms with van der Waals surface area (Å²) < 4.78 is 34.5. The van der Waals surface area contributed by atoms with Gasteiger partial charge in [-0.05, 0) is 56.0 Å². The Morgan fingerprint density at radius 3 is 2.72 bits per heavy atom. The summed E-state index contributed by atoms with van der Waals surface area (Å²) in [5.41, 5.74) is 2.93. The van der Waals surface area contributed by atoms with E-state index < -0.39 is 30.3 Å². The first kappa shape index (κ1) is 22.8. The van der Waals surface area contributed by atoms with Gasteiger partial charge in [0.1, 0.15) is 24.1 Å². The molecule has 1 aliphatic carbocycles. The number of aromatic nitrogens is 4. The Labute approximate surface area is 212 Å². The standard InChI is InChI=1S/C25H27ClFN5O4/c1-24(2)35-18-16(10-33)34-22(19(18)36-24)32-12-28-17-20(29-23(26)30-21(17)32)31-11-25(7-3-4-8-25)14-6-5-13(27)9-15(14)31/h5-6,9,12,16,18-19,22,33H,3-4,7-8,10-11H2,1-2H3/t16-,18-,19-,22-/m1/s1. The van der Waals surface area contributed by atoms with Crippen LogP contribution in [-0.4, -0.2) is 61.9 Å². The fraction of sp³-hybridized carbons (Fsp3) is 0.560. The van der Waals surface area contributed by atoms with Gasteiger partial charge >= 0.3 is 0 Å². The molecule has 1 saturated carbocycles. The highest BCUT2D eigenvalue weighted by Crippen LogP contribution is 2.53. The molecule has 0 unspecified atom stereocenters. The van der Waals surface area contributed by atoms with Crippen LogP contribution in [0.25, 0.3) is 11.2 Å². The molecule has 0 radical (unpaired) electrons. The Bertz CT molecular complexity index is 1360. The van der Waals surface area contributed by atoms with Crippen molar-refractivity contribution in [1.82, 2.24) is 19.5 Å². The number of nitrogens with zero attached hydrogens (tertiary/aromatic N) is 5. The third kappa shape index (κ3) is 3.24. The summed E-state index contributed by atoms with van der Waals surface area (Å²) in [4.78, 5) is 15.8. The average Bonchev–Trinajstić information content (AvgIpc) is 3.63. The van der Waals surface area contributed by atoms with Gasteiger partial charge < -0.3 is 24.2 Å². The molecular formula is C25H27ClFN5O4. The number of rotatable bonds is 3. The van der Waals surface area contributed by atoms with Gasteiger partial charge in [-0.25, -0.2) is 9.37 Å². The van der Waals surface area contributed by atoms with Gasteiger partial charge in [0.25, 0.3) is 0 Å². The lowest BCUT2D eigenvalue weighted by Gasteiger charge is -2.25. The Morgan fingerprint density at radius 1 is 1.17 bits per heavy atom. The van der Waals surface area contributed by atoms with Crippen molar-refractivity contribution in [2.24, 2.45) is 0 Å². The Hall–Kier alpha value is -2.37. The van der Waals surface area contributed by atoms with Crippen molar-refractivity contribution >= 4 is 34.3 Å². The van der Waals surface area contributed by atoms with Crippen LogP contribution in [0.1, 0.15) is 51.3 Å². The van der Waals surface area contributed by atoms with E-state index in [2.05, 4.69) is 15.0 Å². The fourth-order valence-electron chi connectivity index (χ4n) is 6.60. The van der Waals surface area contributed by atoms with E-state index in [1.54, 1.807) is 17.0 Å². The SMILES string of the molecule is CC1(C)O[C@@H]2[C@H](O1)[C@@H](CO)O[C@H]2n1cnc2c(N3CC4(CCCC4)c4ccc(F)cc43)nc(Cl)nc21. The fourth-order valence-corrected chi connectivity index (χ4v) is 6.76. The maximum Gasteiger partial charge on any atom is 0.226 e. The average molecular weight is 516 g/mol. The number of hydrogen-bond acceptors (Lipinski definition) is 8. The van der Waals surface area contributed by atoms with Crippen molar-refractivity contribution in [3.05, 3.63) is 41.2 Å². The zero-order chi connectivity index (χ0) is 24.8. The van der Waals surface area contributed by atoms with Gasteiger partial charge in [-0.15, -0.1) is 0 Å². The quantitative estimate of drug-likeness (QED) is 0.523. The van der Waals surface area contributed by atoms with E-state index in [0.717, 1.165) is 36.9 Å². The summed E-state index contributed by atoms with van der Waals surface area (Å²) in [5, 5.41) is 9.95. The summed E-state index contributed by atoms with van der Waals surface area (Å²) >= 11 is 6.46. The Morgan fingerprint density at radius 2 is 1.94 bits per heavy atom. The molecule has 36 heavy (non-hydrogen) atoms. The second-order valence-corrected chi connectivity index (χ2v) is 11.0. The zero-order valence-electron chi connectivity index (χ0n) is 20.0. The van der Waals surface area contributed by atoms with Gasteiger partial charge in [0.2, 0.25) is 5.28 Å². The lowest BCUT2D eigenvalue weighted by Crippen LogP contribution is -2.31. The number of ether oxygens (including phenoxy) is 3. The summed E-state index contributed by atoms with van der Waals surface area (Å²) in [6, 6.07) is 5.02. The van der Waals surface area contributed by atoms with Gasteiger partial charge in [-0.2, -0.15) is 9.97 Å². The van der Waals surface area contributed by atoms with Crippen LogP contribution in [0.2, 0.25) is 5.28 Å². The van der Waals surface area contributed by atoms with E-state index in [4.69, 9.17) is 25.8 Å². The molecule has 2 saturated heterocycles. The summed E-state index contributed by atoms with van der Waals surface area (Å²) in [6.45, 7) is 4.15. The largest absolute Gasteiger partial charge is 0.394 e. The third-order valence-electron chi connectivity index (χ3n) is 8.05. The van der Waals surface area contributed by atoms with Crippen LogP contribution >= 0.6 is 11.6 Å². The molecular weight excluding hydrogens is 489 g/mol. The van der Waals surface area contributed by atoms with Crippen molar-refractivity contribution < 1.29 is 23.7 Å². The first-order valence-electron chi connectivity index (χ1n) is 12.4. The van der Waals surface area contributed by atoms with Crippen LogP contribution in [-0.2, 0) is 19.6 Å². The van der Waals surface area contributed by atoms with Crippen LogP contribution < -0.4 is 4.90 Å². The Balaban J connectivity index is 1.34. The van der Waals surface area contributed by atoms with Gasteiger partial charge in [0.15, 0.2) is 29.0 Å². The molecule has 0 bridgehead atoms. The predicted octanol–water partition coefficient (Wildman–Crippen LogP) is 3.99. The van der Waals surface area contributed by atoms with E-state index in [0.29, 0.717) is 23.5 Å². The number of imidazole rings is 1. The minimum Gasteiger partial charge on any atom is -0.394 e. The number of hydrogen-bond donors (Lipinski definition) is 1. The lowest BCUT2D eigenvalue weighted by atomic mass is 9.81. The van der Waals surface area contributed by atoms with Crippen LogP contribution in [0.4, 0.5) is 15.9 Å². The second-order valence-electron chi connectivity index (χ2n) is 10.7. The smallest absolute Gasteiger partial charge is 0.226 e. The highest BCUT2D eigenvalue weighted by atomic mass is 35.5. The summed E-state index contributed by atoms with van der Waals surface area (Å²) in [5.74, 6) is -0.563. The molecule has 2 aromatic heterocycles. The first-order chi connectivity index (χ1) is 17.3. The molecule has 3 aliphatic heterocycles. The third-order valence-corrected chi connectivity index (χ3v) is 8.22. The molecule has 190 valence electrons. The zero-order valence-corrected chi connectivity index (χ0v) is 20.8. The molecule has 9 nitrogen and oxygen atoms in total. The summed E-state index contributed by atoms with van der Waals surface area (Å²) in [7, 11) is 0. The van der Waals surface area contributed by atoms with Crippen molar-refractivity contribution in [2.45, 2.75) is 75.3 Å². The number of anilines is 2. The molecule has 3 aromatic rings. The monoisotopic (exact) mass is 515 g/mol. The number of aliphatic hydroxyl groups excluding tert-OH is 1. The molecule has 3 fully saturated rings. The maximum absolute atomic E-state index is 14.4. The number of benzene rings is 1. The van der Waals surface area contributed by atoms with Gasteiger partial charge in [0.05, 0.1) is 12.9 Å². The van der Waals surface area contributed by atoms with E-state index >= 15 is 0 Å². The number of aliphatic hydroxyl groups is 1. The minimum absolute atomic E-state index is 0.0356. The highest BCUT2D eigenvalue weighted by Gasteiger charge is 2.56. The molecule has 0 amide bonds.